The summed E-state index contributed by atoms with van der Waals surface area (Å²) in [4.78, 5) is 22.9. The van der Waals surface area contributed by atoms with Gasteiger partial charge in [0.05, 0.1) is 18.7 Å². The minimum atomic E-state index is -0.410. The van der Waals surface area contributed by atoms with Gasteiger partial charge in [0.25, 0.3) is 0 Å². The van der Waals surface area contributed by atoms with Crippen molar-refractivity contribution in [2.24, 2.45) is 0 Å². The summed E-state index contributed by atoms with van der Waals surface area (Å²) in [5.74, 6) is -0.721. The van der Waals surface area contributed by atoms with Crippen molar-refractivity contribution in [2.75, 3.05) is 11.9 Å². The maximum Gasteiger partial charge on any atom is 0.306 e. The molecule has 6 nitrogen and oxygen atoms in total. The van der Waals surface area contributed by atoms with Crippen molar-refractivity contribution in [3.8, 4) is 11.3 Å². The van der Waals surface area contributed by atoms with Crippen LogP contribution in [0.25, 0.3) is 11.3 Å². The average Bonchev–Trinajstić information content (AvgIpc) is 2.95. The predicted octanol–water partition coefficient (Wildman–Crippen LogP) is 2.50. The van der Waals surface area contributed by atoms with Crippen molar-refractivity contribution in [3.63, 3.8) is 0 Å². The molecule has 0 atom stereocenters. The zero-order valence-corrected chi connectivity index (χ0v) is 12.1. The summed E-state index contributed by atoms with van der Waals surface area (Å²) in [7, 11) is 0. The fourth-order valence-corrected chi connectivity index (χ4v) is 1.82. The molecule has 0 radical (unpaired) electrons. The number of ether oxygens (including phenoxy) is 1. The van der Waals surface area contributed by atoms with E-state index in [0.717, 1.165) is 5.56 Å². The molecule has 0 saturated heterocycles. The molecule has 2 rings (SSSR count). The molecule has 116 valence electrons. The Balaban J connectivity index is 1.90. The normalized spacial score (nSPS) is 10.3. The number of amides is 1. The molecule has 0 saturated carbocycles. The summed E-state index contributed by atoms with van der Waals surface area (Å²) in [5, 5.41) is 9.28. The van der Waals surface area contributed by atoms with Crippen LogP contribution in [-0.2, 0) is 14.3 Å². The highest BCUT2D eigenvalue weighted by atomic mass is 19.1. The first-order chi connectivity index (χ1) is 10.6. The molecule has 2 N–H and O–H groups in total. The van der Waals surface area contributed by atoms with Crippen molar-refractivity contribution in [2.45, 2.75) is 19.8 Å². The van der Waals surface area contributed by atoms with Crippen molar-refractivity contribution >= 4 is 17.7 Å². The zero-order valence-electron chi connectivity index (χ0n) is 12.1. The fourth-order valence-electron chi connectivity index (χ4n) is 1.82. The minimum Gasteiger partial charge on any atom is -0.466 e. The van der Waals surface area contributed by atoms with E-state index in [-0.39, 0.29) is 24.6 Å². The Morgan fingerprint density at radius 1 is 1.27 bits per heavy atom. The third kappa shape index (κ3) is 4.41. The zero-order chi connectivity index (χ0) is 15.9. The van der Waals surface area contributed by atoms with E-state index in [1.54, 1.807) is 25.1 Å². The van der Waals surface area contributed by atoms with Crippen molar-refractivity contribution in [3.05, 3.63) is 36.1 Å². The maximum atomic E-state index is 12.9. The molecule has 0 unspecified atom stereocenters. The molecule has 0 spiro atoms. The van der Waals surface area contributed by atoms with E-state index < -0.39 is 5.97 Å². The van der Waals surface area contributed by atoms with Crippen LogP contribution < -0.4 is 5.32 Å². The van der Waals surface area contributed by atoms with Crippen LogP contribution in [0.15, 0.2) is 30.3 Å². The molecule has 22 heavy (non-hydrogen) atoms. The van der Waals surface area contributed by atoms with E-state index in [2.05, 4.69) is 15.5 Å². The largest absolute Gasteiger partial charge is 0.466 e. The van der Waals surface area contributed by atoms with Crippen molar-refractivity contribution in [1.29, 1.82) is 0 Å². The highest BCUT2D eigenvalue weighted by Crippen LogP contribution is 2.20. The average molecular weight is 305 g/mol. The molecule has 0 bridgehead atoms. The van der Waals surface area contributed by atoms with E-state index >= 15 is 0 Å². The van der Waals surface area contributed by atoms with E-state index in [0.29, 0.717) is 18.1 Å². The molecule has 0 aliphatic rings. The summed E-state index contributed by atoms with van der Waals surface area (Å²) in [6, 6.07) is 7.53. The van der Waals surface area contributed by atoms with Crippen molar-refractivity contribution in [1.82, 2.24) is 10.2 Å². The quantitative estimate of drug-likeness (QED) is 0.803. The Kier molecular flexibility index (Phi) is 5.24. The van der Waals surface area contributed by atoms with Gasteiger partial charge in [0, 0.05) is 12.5 Å². The third-order valence-corrected chi connectivity index (χ3v) is 2.86. The smallest absolute Gasteiger partial charge is 0.306 e. The van der Waals surface area contributed by atoms with Crippen LogP contribution >= 0.6 is 0 Å². The molecule has 1 heterocycles. The maximum absolute atomic E-state index is 12.9. The number of aromatic nitrogens is 2. The second-order valence-electron chi connectivity index (χ2n) is 4.53. The van der Waals surface area contributed by atoms with Gasteiger partial charge < -0.3 is 10.1 Å². The van der Waals surface area contributed by atoms with Gasteiger partial charge >= 0.3 is 5.97 Å². The summed E-state index contributed by atoms with van der Waals surface area (Å²) in [5.41, 5.74) is 1.40. The predicted molar refractivity (Wildman–Crippen MR) is 78.5 cm³/mol. The highest BCUT2D eigenvalue weighted by Gasteiger charge is 2.10. The topological polar surface area (TPSA) is 84.1 Å². The number of carbonyl (C=O) groups excluding carboxylic acids is 2. The summed E-state index contributed by atoms with van der Waals surface area (Å²) in [6.45, 7) is 2.00. The van der Waals surface area contributed by atoms with Crippen LogP contribution in [-0.4, -0.2) is 28.7 Å². The molecule has 7 heteroatoms. The molecular formula is C15H16FN3O3. The molecular weight excluding hydrogens is 289 g/mol. The minimum absolute atomic E-state index is 0.0227. The number of anilines is 1. The third-order valence-electron chi connectivity index (χ3n) is 2.86. The first kappa shape index (κ1) is 15.7. The number of esters is 1. The van der Waals surface area contributed by atoms with Gasteiger partial charge in [-0.15, -0.1) is 0 Å². The number of halogens is 1. The molecule has 0 aliphatic carbocycles. The Hall–Kier alpha value is -2.70. The summed E-state index contributed by atoms with van der Waals surface area (Å²) in [6.07, 6.45) is 0.0481. The SMILES string of the molecule is CCOC(=O)CCC(=O)Nc1cc(-c2ccc(F)cc2)[nH]n1. The van der Waals surface area contributed by atoms with Gasteiger partial charge in [0.2, 0.25) is 5.91 Å². The Bertz CT molecular complexity index is 652. The number of carbonyl (C=O) groups is 2. The lowest BCUT2D eigenvalue weighted by Crippen LogP contribution is -2.14. The second-order valence-corrected chi connectivity index (χ2v) is 4.53. The lowest BCUT2D eigenvalue weighted by molar-refractivity contribution is -0.144. The van der Waals surface area contributed by atoms with E-state index in [1.165, 1.54) is 12.1 Å². The summed E-state index contributed by atoms with van der Waals surface area (Å²) >= 11 is 0. The van der Waals surface area contributed by atoms with Crippen LogP contribution in [0.3, 0.4) is 0 Å². The molecule has 0 fully saturated rings. The first-order valence-electron chi connectivity index (χ1n) is 6.85. The highest BCUT2D eigenvalue weighted by molar-refractivity contribution is 5.92. The lowest BCUT2D eigenvalue weighted by Gasteiger charge is -2.02. The Morgan fingerprint density at radius 3 is 2.68 bits per heavy atom. The van der Waals surface area contributed by atoms with Gasteiger partial charge in [0.1, 0.15) is 5.82 Å². The number of aromatic amines is 1. The Labute approximate surface area is 126 Å². The second kappa shape index (κ2) is 7.35. The number of benzene rings is 1. The number of rotatable bonds is 6. The monoisotopic (exact) mass is 305 g/mol. The summed E-state index contributed by atoms with van der Waals surface area (Å²) < 4.78 is 17.6. The van der Waals surface area contributed by atoms with Crippen LogP contribution in [0.1, 0.15) is 19.8 Å². The Morgan fingerprint density at radius 2 is 2.00 bits per heavy atom. The van der Waals surface area contributed by atoms with Gasteiger partial charge in [-0.1, -0.05) is 0 Å². The van der Waals surface area contributed by atoms with Crippen molar-refractivity contribution < 1.29 is 18.7 Å². The van der Waals surface area contributed by atoms with E-state index in [9.17, 15) is 14.0 Å². The van der Waals surface area contributed by atoms with Gasteiger partial charge in [-0.3, -0.25) is 14.7 Å². The first-order valence-corrected chi connectivity index (χ1v) is 6.85. The molecule has 1 aromatic carbocycles. The molecule has 1 amide bonds. The van der Waals surface area contributed by atoms with E-state index in [1.807, 2.05) is 0 Å². The van der Waals surface area contributed by atoms with Gasteiger partial charge in [0.15, 0.2) is 5.82 Å². The number of hydrogen-bond donors (Lipinski definition) is 2. The van der Waals surface area contributed by atoms with Gasteiger partial charge in [-0.05, 0) is 36.8 Å². The number of H-pyrrole nitrogens is 1. The van der Waals surface area contributed by atoms with Crippen LogP contribution in [0.5, 0.6) is 0 Å². The fraction of sp³-hybridized carbons (Fsp3) is 0.267. The molecule has 2 aromatic rings. The van der Waals surface area contributed by atoms with Gasteiger partial charge in [-0.2, -0.15) is 5.10 Å². The lowest BCUT2D eigenvalue weighted by atomic mass is 10.1. The number of hydrogen-bond acceptors (Lipinski definition) is 4. The van der Waals surface area contributed by atoms with Crippen LogP contribution in [0.4, 0.5) is 10.2 Å². The number of nitrogens with zero attached hydrogens (tertiary/aromatic N) is 1. The number of nitrogens with one attached hydrogen (secondary N) is 2. The van der Waals surface area contributed by atoms with Crippen LogP contribution in [0, 0.1) is 5.82 Å². The van der Waals surface area contributed by atoms with E-state index in [4.69, 9.17) is 4.74 Å². The molecule has 0 aliphatic heterocycles. The molecule has 1 aromatic heterocycles. The standard InChI is InChI=1S/C15H16FN3O3/c1-2-22-15(21)8-7-14(20)17-13-9-12(18-19-13)10-3-5-11(16)6-4-10/h3-6,9H,2,7-8H2,1H3,(H2,17,18,19,20). The van der Waals surface area contributed by atoms with Gasteiger partial charge in [-0.25, -0.2) is 4.39 Å². The van der Waals surface area contributed by atoms with Crippen LogP contribution in [0.2, 0.25) is 0 Å².